The van der Waals surface area contributed by atoms with Crippen LogP contribution in [0.2, 0.25) is 0 Å². The number of hydrogen-bond acceptors (Lipinski definition) is 4. The summed E-state index contributed by atoms with van der Waals surface area (Å²) >= 11 is 0. The lowest BCUT2D eigenvalue weighted by Crippen LogP contribution is -2.23. The lowest BCUT2D eigenvalue weighted by atomic mass is 10.1. The molecule has 3 aromatic rings. The van der Waals surface area contributed by atoms with Crippen LogP contribution < -0.4 is 0 Å². The van der Waals surface area contributed by atoms with Crippen LogP contribution in [0.3, 0.4) is 0 Å². The topological polar surface area (TPSA) is 46.3 Å². The smallest absolute Gasteiger partial charge is 0.290 e. The van der Waals surface area contributed by atoms with Gasteiger partial charge in [0.1, 0.15) is 5.69 Å². The van der Waals surface area contributed by atoms with Crippen molar-refractivity contribution in [1.29, 1.82) is 0 Å². The molecule has 0 aliphatic carbocycles. The molecule has 0 radical (unpaired) electrons. The molecule has 1 atom stereocenters. The Morgan fingerprint density at radius 3 is 2.61 bits per heavy atom. The molecular weight excluding hydrogens is 367 g/mol. The summed E-state index contributed by atoms with van der Waals surface area (Å²) in [4.78, 5) is 10.7. The summed E-state index contributed by atoms with van der Waals surface area (Å²) in [6.07, 6.45) is 0.866. The number of alkyl halides is 3. The van der Waals surface area contributed by atoms with Crippen LogP contribution in [0.25, 0.3) is 5.65 Å². The van der Waals surface area contributed by atoms with Crippen molar-refractivity contribution in [2.45, 2.75) is 51.4 Å². The molecular formula is C20H22F3N5. The molecule has 4 rings (SSSR count). The second kappa shape index (κ2) is 7.16. The zero-order chi connectivity index (χ0) is 19.9. The number of rotatable bonds is 4. The van der Waals surface area contributed by atoms with Gasteiger partial charge in [0.15, 0.2) is 5.65 Å². The van der Waals surface area contributed by atoms with Gasteiger partial charge in [-0.3, -0.25) is 9.88 Å². The van der Waals surface area contributed by atoms with Crippen molar-refractivity contribution in [3.63, 3.8) is 0 Å². The molecule has 8 heteroatoms. The third-order valence-electron chi connectivity index (χ3n) is 5.19. The Kier molecular flexibility index (Phi) is 4.82. The second-order valence-corrected chi connectivity index (χ2v) is 7.54. The molecule has 0 spiro atoms. The van der Waals surface area contributed by atoms with Crippen molar-refractivity contribution in [3.05, 3.63) is 59.3 Å². The second-order valence-electron chi connectivity index (χ2n) is 7.54. The molecule has 1 fully saturated rings. The Hall–Kier alpha value is -2.48. The molecule has 0 unspecified atom stereocenters. The molecule has 28 heavy (non-hydrogen) atoms. The minimum absolute atomic E-state index is 0.0153. The number of nitrogens with zero attached hydrogens (tertiary/aromatic N) is 5. The van der Waals surface area contributed by atoms with Gasteiger partial charge in [0.25, 0.3) is 0 Å². The van der Waals surface area contributed by atoms with Crippen LogP contribution in [0.5, 0.6) is 0 Å². The van der Waals surface area contributed by atoms with Gasteiger partial charge < -0.3 is 0 Å². The van der Waals surface area contributed by atoms with E-state index in [4.69, 9.17) is 0 Å². The van der Waals surface area contributed by atoms with E-state index < -0.39 is 11.9 Å². The standard InChI is InChI=1S/C20H22F3N5/c1-13(2)15-10-18(20(21,22)23)28-19(25-15)11-16(26-28)17-4-3-9-27(17)12-14-5-7-24-8-6-14/h5-8,10-11,13,17H,3-4,9,12H2,1-2H3/t17-/m0/s1. The van der Waals surface area contributed by atoms with Crippen LogP contribution in [-0.2, 0) is 12.7 Å². The van der Waals surface area contributed by atoms with E-state index in [9.17, 15) is 13.2 Å². The van der Waals surface area contributed by atoms with E-state index >= 15 is 0 Å². The molecule has 148 valence electrons. The van der Waals surface area contributed by atoms with Crippen molar-refractivity contribution < 1.29 is 13.2 Å². The average molecular weight is 389 g/mol. The molecule has 1 aliphatic rings. The van der Waals surface area contributed by atoms with Crippen molar-refractivity contribution in [3.8, 4) is 0 Å². The normalized spacial score (nSPS) is 18.4. The third-order valence-corrected chi connectivity index (χ3v) is 5.19. The molecule has 0 N–H and O–H groups in total. The highest BCUT2D eigenvalue weighted by Crippen LogP contribution is 2.35. The Bertz CT molecular complexity index is 965. The number of pyridine rings is 1. The molecule has 1 saturated heterocycles. The SMILES string of the molecule is CC(C)c1cc(C(F)(F)F)n2nc([C@@H]3CCCN3Cc3ccncc3)cc2n1. The van der Waals surface area contributed by atoms with Gasteiger partial charge in [-0.15, -0.1) is 0 Å². The Balaban J connectivity index is 1.72. The molecule has 0 amide bonds. The number of halogens is 3. The predicted molar refractivity (Wildman–Crippen MR) is 98.7 cm³/mol. The van der Waals surface area contributed by atoms with E-state index in [-0.39, 0.29) is 17.6 Å². The van der Waals surface area contributed by atoms with Crippen LogP contribution in [0.1, 0.15) is 61.3 Å². The monoisotopic (exact) mass is 389 g/mol. The van der Waals surface area contributed by atoms with Gasteiger partial charge in [0.05, 0.1) is 11.7 Å². The van der Waals surface area contributed by atoms with Gasteiger partial charge in [-0.1, -0.05) is 13.8 Å². The van der Waals surface area contributed by atoms with E-state index in [2.05, 4.69) is 20.0 Å². The molecule has 3 aromatic heterocycles. The minimum atomic E-state index is -4.49. The molecule has 5 nitrogen and oxygen atoms in total. The number of aromatic nitrogens is 4. The summed E-state index contributed by atoms with van der Waals surface area (Å²) in [6.45, 7) is 5.28. The van der Waals surface area contributed by atoms with Gasteiger partial charge in [-0.25, -0.2) is 9.50 Å². The lowest BCUT2D eigenvalue weighted by Gasteiger charge is -2.22. The molecule has 0 aromatic carbocycles. The average Bonchev–Trinajstić information content (AvgIpc) is 3.26. The lowest BCUT2D eigenvalue weighted by molar-refractivity contribution is -0.142. The predicted octanol–water partition coefficient (Wildman–Crippen LogP) is 4.60. The zero-order valence-corrected chi connectivity index (χ0v) is 15.8. The maximum atomic E-state index is 13.6. The van der Waals surface area contributed by atoms with Gasteiger partial charge in [0, 0.05) is 30.7 Å². The maximum Gasteiger partial charge on any atom is 0.433 e. The molecule has 1 aliphatic heterocycles. The quantitative estimate of drug-likeness (QED) is 0.654. The van der Waals surface area contributed by atoms with Crippen molar-refractivity contribution in [1.82, 2.24) is 24.5 Å². The van der Waals surface area contributed by atoms with Crippen LogP contribution in [-0.4, -0.2) is 31.0 Å². The van der Waals surface area contributed by atoms with Crippen LogP contribution in [0.4, 0.5) is 13.2 Å². The number of hydrogen-bond donors (Lipinski definition) is 0. The van der Waals surface area contributed by atoms with Gasteiger partial charge in [-0.05, 0) is 49.1 Å². The molecule has 4 heterocycles. The van der Waals surface area contributed by atoms with E-state index in [1.807, 2.05) is 26.0 Å². The zero-order valence-electron chi connectivity index (χ0n) is 15.8. The number of fused-ring (bicyclic) bond motifs is 1. The highest BCUT2D eigenvalue weighted by atomic mass is 19.4. The van der Waals surface area contributed by atoms with E-state index in [1.165, 1.54) is 0 Å². The Labute approximate surface area is 161 Å². The first-order valence-electron chi connectivity index (χ1n) is 9.43. The van der Waals surface area contributed by atoms with Crippen molar-refractivity contribution in [2.24, 2.45) is 0 Å². The van der Waals surface area contributed by atoms with Crippen molar-refractivity contribution >= 4 is 5.65 Å². The first kappa shape index (κ1) is 18.9. The van der Waals surface area contributed by atoms with Gasteiger partial charge >= 0.3 is 6.18 Å². The third kappa shape index (κ3) is 3.61. The van der Waals surface area contributed by atoms with Crippen molar-refractivity contribution in [2.75, 3.05) is 6.54 Å². The molecule has 0 saturated carbocycles. The highest BCUT2D eigenvalue weighted by Gasteiger charge is 2.36. The highest BCUT2D eigenvalue weighted by molar-refractivity contribution is 5.44. The fourth-order valence-corrected chi connectivity index (χ4v) is 3.75. The summed E-state index contributed by atoms with van der Waals surface area (Å²) < 4.78 is 41.8. The Morgan fingerprint density at radius 1 is 1.18 bits per heavy atom. The molecule has 0 bridgehead atoms. The van der Waals surface area contributed by atoms with Crippen LogP contribution in [0.15, 0.2) is 36.7 Å². The van der Waals surface area contributed by atoms with Crippen LogP contribution in [0, 0.1) is 0 Å². The van der Waals surface area contributed by atoms with Crippen LogP contribution >= 0.6 is 0 Å². The van der Waals surface area contributed by atoms with Gasteiger partial charge in [-0.2, -0.15) is 18.3 Å². The van der Waals surface area contributed by atoms with E-state index in [0.717, 1.165) is 42.1 Å². The van der Waals surface area contributed by atoms with E-state index in [1.54, 1.807) is 18.5 Å². The first-order valence-corrected chi connectivity index (χ1v) is 9.43. The summed E-state index contributed by atoms with van der Waals surface area (Å²) in [5.41, 5.74) is 1.68. The summed E-state index contributed by atoms with van der Waals surface area (Å²) in [5.74, 6) is -0.0980. The van der Waals surface area contributed by atoms with Gasteiger partial charge in [0.2, 0.25) is 0 Å². The maximum absolute atomic E-state index is 13.6. The summed E-state index contributed by atoms with van der Waals surface area (Å²) in [5, 5.41) is 4.33. The minimum Gasteiger partial charge on any atom is -0.290 e. The summed E-state index contributed by atoms with van der Waals surface area (Å²) in [7, 11) is 0. The first-order chi connectivity index (χ1) is 13.3. The fourth-order valence-electron chi connectivity index (χ4n) is 3.75. The largest absolute Gasteiger partial charge is 0.433 e. The van der Waals surface area contributed by atoms with E-state index in [0.29, 0.717) is 11.4 Å². The Morgan fingerprint density at radius 2 is 1.93 bits per heavy atom. The number of likely N-dealkylation sites (tertiary alicyclic amines) is 1. The fraction of sp³-hybridized carbons (Fsp3) is 0.450. The summed E-state index contributed by atoms with van der Waals surface area (Å²) in [6, 6.07) is 6.71.